The summed E-state index contributed by atoms with van der Waals surface area (Å²) in [5, 5.41) is 5.49. The van der Waals surface area contributed by atoms with E-state index < -0.39 is 11.8 Å². The number of benzene rings is 2. The van der Waals surface area contributed by atoms with E-state index in [1.807, 2.05) is 55.7 Å². The second kappa shape index (κ2) is 8.23. The summed E-state index contributed by atoms with van der Waals surface area (Å²) in [5.41, 5.74) is 12.1. The van der Waals surface area contributed by atoms with Gasteiger partial charge in [-0.1, -0.05) is 30.3 Å². The Morgan fingerprint density at radius 1 is 0.970 bits per heavy atom. The number of nitrogens with two attached hydrogens (primary N) is 1. The van der Waals surface area contributed by atoms with Crippen LogP contribution in [-0.2, 0) is 11.8 Å². The predicted octanol–water partition coefficient (Wildman–Crippen LogP) is 3.74. The molecular weight excluding hydrogens is 414 g/mol. The van der Waals surface area contributed by atoms with Crippen LogP contribution in [-0.4, -0.2) is 35.6 Å². The monoisotopic (exact) mass is 435 g/mol. The maximum absolute atomic E-state index is 12.2. The molecule has 0 radical (unpaired) electrons. The molecule has 0 saturated carbocycles. The van der Waals surface area contributed by atoms with Crippen LogP contribution in [0.2, 0.25) is 0 Å². The molecule has 162 valence electrons. The van der Waals surface area contributed by atoms with Crippen LogP contribution in [0, 0.1) is 0 Å². The minimum absolute atomic E-state index is 0.422. The van der Waals surface area contributed by atoms with Crippen LogP contribution < -0.4 is 5.73 Å². The van der Waals surface area contributed by atoms with E-state index in [-0.39, 0.29) is 0 Å². The Morgan fingerprint density at radius 2 is 1.79 bits per heavy atom. The minimum atomic E-state index is -0.532. The zero-order valence-electron chi connectivity index (χ0n) is 18.2. The molecule has 0 spiro atoms. The number of hydrogen-bond acceptors (Lipinski definition) is 6. The van der Waals surface area contributed by atoms with Gasteiger partial charge in [0.05, 0.1) is 22.8 Å². The van der Waals surface area contributed by atoms with Crippen molar-refractivity contribution in [3.8, 4) is 33.8 Å². The first kappa shape index (κ1) is 20.4. The molecule has 5 rings (SSSR count). The lowest BCUT2D eigenvalue weighted by molar-refractivity contribution is -0.119. The third-order valence-corrected chi connectivity index (χ3v) is 5.69. The fourth-order valence-electron chi connectivity index (χ4n) is 3.99. The summed E-state index contributed by atoms with van der Waals surface area (Å²) in [6, 6.07) is 15.6. The van der Waals surface area contributed by atoms with Gasteiger partial charge in [-0.05, 0) is 30.7 Å². The smallest absolute Gasteiger partial charge is 0.224 e. The molecule has 0 aliphatic rings. The van der Waals surface area contributed by atoms with Gasteiger partial charge >= 0.3 is 0 Å². The van der Waals surface area contributed by atoms with Crippen molar-refractivity contribution >= 4 is 16.8 Å². The molecule has 1 unspecified atom stereocenters. The average Bonchev–Trinajstić information content (AvgIpc) is 3.24. The SMILES string of the molecule is CC(C(N)=O)c1cc2c(-c3cn(C)nc3-c3ccccc3)ncnc2cc1-c1ccncn1. The van der Waals surface area contributed by atoms with E-state index >= 15 is 0 Å². The molecule has 0 bridgehead atoms. The fraction of sp³-hybridized carbons (Fsp3) is 0.120. The molecule has 1 amide bonds. The van der Waals surface area contributed by atoms with Crippen molar-refractivity contribution in [3.05, 3.63) is 79.1 Å². The Morgan fingerprint density at radius 3 is 2.52 bits per heavy atom. The quantitative estimate of drug-likeness (QED) is 0.450. The van der Waals surface area contributed by atoms with Crippen LogP contribution in [0.4, 0.5) is 0 Å². The van der Waals surface area contributed by atoms with Gasteiger partial charge in [0.1, 0.15) is 18.3 Å². The van der Waals surface area contributed by atoms with Gasteiger partial charge in [-0.25, -0.2) is 19.9 Å². The highest BCUT2D eigenvalue weighted by molar-refractivity contribution is 5.99. The molecule has 8 heteroatoms. The molecule has 0 aliphatic carbocycles. The fourth-order valence-corrected chi connectivity index (χ4v) is 3.99. The summed E-state index contributed by atoms with van der Waals surface area (Å²) in [6.07, 6.45) is 6.63. The average molecular weight is 435 g/mol. The van der Waals surface area contributed by atoms with Gasteiger partial charge in [-0.2, -0.15) is 5.10 Å². The van der Waals surface area contributed by atoms with Gasteiger partial charge in [0.2, 0.25) is 5.91 Å². The minimum Gasteiger partial charge on any atom is -0.369 e. The Bertz CT molecular complexity index is 1460. The molecule has 33 heavy (non-hydrogen) atoms. The van der Waals surface area contributed by atoms with E-state index in [0.717, 1.165) is 44.5 Å². The summed E-state index contributed by atoms with van der Waals surface area (Å²) < 4.78 is 1.77. The summed E-state index contributed by atoms with van der Waals surface area (Å²) >= 11 is 0. The highest BCUT2D eigenvalue weighted by Crippen LogP contribution is 2.37. The predicted molar refractivity (Wildman–Crippen MR) is 126 cm³/mol. The van der Waals surface area contributed by atoms with Crippen LogP contribution in [0.25, 0.3) is 44.7 Å². The van der Waals surface area contributed by atoms with Crippen molar-refractivity contribution in [3.63, 3.8) is 0 Å². The lowest BCUT2D eigenvalue weighted by Crippen LogP contribution is -2.19. The molecule has 0 saturated heterocycles. The first-order chi connectivity index (χ1) is 16.0. The van der Waals surface area contributed by atoms with E-state index in [1.54, 1.807) is 30.2 Å². The first-order valence-electron chi connectivity index (χ1n) is 10.5. The maximum Gasteiger partial charge on any atom is 0.224 e. The van der Waals surface area contributed by atoms with Gasteiger partial charge in [-0.15, -0.1) is 0 Å². The summed E-state index contributed by atoms with van der Waals surface area (Å²) in [6.45, 7) is 1.79. The highest BCUT2D eigenvalue weighted by atomic mass is 16.1. The van der Waals surface area contributed by atoms with Crippen molar-refractivity contribution in [2.75, 3.05) is 0 Å². The summed E-state index contributed by atoms with van der Waals surface area (Å²) in [5.74, 6) is -0.954. The molecule has 0 aliphatic heterocycles. The van der Waals surface area contributed by atoms with Crippen LogP contribution in [0.3, 0.4) is 0 Å². The number of primary amides is 1. The second-order valence-corrected chi connectivity index (χ2v) is 7.83. The number of amides is 1. The normalized spacial score (nSPS) is 12.1. The maximum atomic E-state index is 12.2. The van der Waals surface area contributed by atoms with Gasteiger partial charge in [0.15, 0.2) is 0 Å². The Kier molecular flexibility index (Phi) is 5.10. The van der Waals surface area contributed by atoms with E-state index in [0.29, 0.717) is 5.69 Å². The highest BCUT2D eigenvalue weighted by Gasteiger charge is 2.22. The van der Waals surface area contributed by atoms with Crippen molar-refractivity contribution in [2.45, 2.75) is 12.8 Å². The van der Waals surface area contributed by atoms with E-state index in [1.165, 1.54) is 6.33 Å². The zero-order chi connectivity index (χ0) is 22.9. The number of carbonyl (C=O) groups excluding carboxylic acids is 1. The molecule has 2 N–H and O–H groups in total. The number of rotatable bonds is 5. The number of aromatic nitrogens is 6. The molecule has 8 nitrogen and oxygen atoms in total. The Balaban J connectivity index is 1.79. The van der Waals surface area contributed by atoms with Crippen molar-refractivity contribution in [1.29, 1.82) is 0 Å². The van der Waals surface area contributed by atoms with Gasteiger partial charge in [-0.3, -0.25) is 9.48 Å². The van der Waals surface area contributed by atoms with Crippen molar-refractivity contribution in [1.82, 2.24) is 29.7 Å². The molecule has 3 aromatic heterocycles. The molecule has 5 aromatic rings. The number of aryl methyl sites for hydroxylation is 1. The topological polar surface area (TPSA) is 112 Å². The van der Waals surface area contributed by atoms with Gasteiger partial charge in [0.25, 0.3) is 0 Å². The molecule has 3 heterocycles. The largest absolute Gasteiger partial charge is 0.369 e. The standard InChI is InChI=1S/C25H21N7O/c1-15(25(26)33)17-10-19-22(11-18(17)21-8-9-27-13-28-21)29-14-30-24(19)20-12-32(2)31-23(20)16-6-4-3-5-7-16/h3-15H,1-2H3,(H2,26,33). The number of nitrogens with zero attached hydrogens (tertiary/aromatic N) is 6. The first-order valence-corrected chi connectivity index (χ1v) is 10.5. The third-order valence-electron chi connectivity index (χ3n) is 5.69. The Labute approximate surface area is 190 Å². The molecular formula is C25H21N7O. The van der Waals surface area contributed by atoms with Crippen LogP contribution in [0.5, 0.6) is 0 Å². The molecule has 0 fully saturated rings. The van der Waals surface area contributed by atoms with E-state index in [4.69, 9.17) is 5.73 Å². The van der Waals surface area contributed by atoms with Crippen LogP contribution >= 0.6 is 0 Å². The van der Waals surface area contributed by atoms with Crippen molar-refractivity contribution in [2.24, 2.45) is 12.8 Å². The van der Waals surface area contributed by atoms with Crippen LogP contribution in [0.1, 0.15) is 18.4 Å². The lowest BCUT2D eigenvalue weighted by Gasteiger charge is -2.16. The zero-order valence-corrected chi connectivity index (χ0v) is 18.2. The van der Waals surface area contributed by atoms with Gasteiger partial charge < -0.3 is 5.73 Å². The van der Waals surface area contributed by atoms with Gasteiger partial charge in [0, 0.05) is 41.5 Å². The number of fused-ring (bicyclic) bond motifs is 1. The molecule has 1 atom stereocenters. The van der Waals surface area contributed by atoms with Crippen LogP contribution in [0.15, 0.2) is 73.6 Å². The molecule has 2 aromatic carbocycles. The summed E-state index contributed by atoms with van der Waals surface area (Å²) in [7, 11) is 1.88. The number of hydrogen-bond donors (Lipinski definition) is 1. The van der Waals surface area contributed by atoms with E-state index in [9.17, 15) is 4.79 Å². The number of carbonyl (C=O) groups is 1. The Hall–Kier alpha value is -4.46. The summed E-state index contributed by atoms with van der Waals surface area (Å²) in [4.78, 5) is 29.7. The second-order valence-electron chi connectivity index (χ2n) is 7.83. The van der Waals surface area contributed by atoms with Crippen molar-refractivity contribution < 1.29 is 4.79 Å². The lowest BCUT2D eigenvalue weighted by atomic mass is 9.90. The van der Waals surface area contributed by atoms with E-state index in [2.05, 4.69) is 25.0 Å². The third kappa shape index (κ3) is 3.71.